The van der Waals surface area contributed by atoms with Crippen LogP contribution in [0.15, 0.2) is 29.4 Å². The molecular formula is C13H11F2N5O4. The van der Waals surface area contributed by atoms with Crippen LogP contribution in [0.3, 0.4) is 0 Å². The van der Waals surface area contributed by atoms with Crippen LogP contribution in [0.4, 0.5) is 14.5 Å². The van der Waals surface area contributed by atoms with Crippen LogP contribution in [0.5, 0.6) is 0 Å². The van der Waals surface area contributed by atoms with Crippen molar-refractivity contribution >= 4 is 23.3 Å². The Balaban J connectivity index is 2.14. The second-order valence-electron chi connectivity index (χ2n) is 4.61. The highest BCUT2D eigenvalue weighted by Crippen LogP contribution is 2.23. The van der Waals surface area contributed by atoms with Crippen molar-refractivity contribution in [2.75, 3.05) is 6.67 Å². The molecule has 0 fully saturated rings. The normalized spacial score (nSPS) is 13.3. The van der Waals surface area contributed by atoms with E-state index in [1.54, 1.807) is 0 Å². The third kappa shape index (κ3) is 3.69. The summed E-state index contributed by atoms with van der Waals surface area (Å²) >= 11 is 0. The van der Waals surface area contributed by atoms with Gasteiger partial charge in [-0.25, -0.2) is 9.38 Å². The number of nitro groups is 1. The summed E-state index contributed by atoms with van der Waals surface area (Å²) in [6.07, 6.45) is 2.66. The zero-order valence-corrected chi connectivity index (χ0v) is 12.2. The Kier molecular flexibility index (Phi) is 4.82. The highest BCUT2D eigenvalue weighted by atomic mass is 19.1. The van der Waals surface area contributed by atoms with Gasteiger partial charge in [-0.1, -0.05) is 0 Å². The minimum atomic E-state index is -1.57. The van der Waals surface area contributed by atoms with Gasteiger partial charge >= 0.3 is 5.69 Å². The van der Waals surface area contributed by atoms with E-state index in [-0.39, 0.29) is 18.4 Å². The Morgan fingerprint density at radius 3 is 2.62 bits per heavy atom. The topological polar surface area (TPSA) is 117 Å². The number of halogens is 2. The number of hydrogen-bond acceptors (Lipinski definition) is 6. The lowest BCUT2D eigenvalue weighted by molar-refractivity contribution is -0.387. The molecule has 0 radical (unpaired) electrons. The molecule has 11 heteroatoms. The van der Waals surface area contributed by atoms with E-state index < -0.39 is 33.7 Å². The van der Waals surface area contributed by atoms with Gasteiger partial charge in [0, 0.05) is 19.2 Å². The summed E-state index contributed by atoms with van der Waals surface area (Å²) in [5, 5.41) is 14.2. The molecule has 0 aliphatic carbocycles. The number of carbonyl (C=O) groups excluding carboxylic acids is 2. The van der Waals surface area contributed by atoms with Crippen molar-refractivity contribution < 1.29 is 23.3 Å². The maximum absolute atomic E-state index is 13.9. The van der Waals surface area contributed by atoms with Crippen LogP contribution in [0.25, 0.3) is 0 Å². The summed E-state index contributed by atoms with van der Waals surface area (Å²) in [4.78, 5) is 36.4. The van der Waals surface area contributed by atoms with Crippen LogP contribution >= 0.6 is 0 Å². The monoisotopic (exact) mass is 339 g/mol. The van der Waals surface area contributed by atoms with E-state index in [0.717, 1.165) is 5.01 Å². The fourth-order valence-corrected chi connectivity index (χ4v) is 1.82. The second kappa shape index (κ2) is 6.81. The highest BCUT2D eigenvalue weighted by molar-refractivity contribution is 6.04. The van der Waals surface area contributed by atoms with Crippen LogP contribution in [0, 0.1) is 21.7 Å². The molecular weight excluding hydrogens is 328 g/mol. The standard InChI is InChI=1S/C13H11F2N5O4/c1-7(21)17-10-4-5-19(6-16-10)18-13(22)11-8(14)2-3-9(12(11)15)20(23)24/h2-5H,6H2,1H3,(H,18,22)(H,16,17,21). The number of nitrogens with one attached hydrogen (secondary N) is 2. The van der Waals surface area contributed by atoms with E-state index in [1.807, 2.05) is 0 Å². The molecule has 24 heavy (non-hydrogen) atoms. The van der Waals surface area contributed by atoms with E-state index in [0.29, 0.717) is 12.1 Å². The van der Waals surface area contributed by atoms with Crippen LogP contribution < -0.4 is 10.7 Å². The van der Waals surface area contributed by atoms with E-state index in [1.165, 1.54) is 19.2 Å². The van der Waals surface area contributed by atoms with Crippen molar-refractivity contribution in [1.29, 1.82) is 0 Å². The summed E-state index contributed by atoms with van der Waals surface area (Å²) in [5.74, 6) is -4.10. The first kappa shape index (κ1) is 17.0. The van der Waals surface area contributed by atoms with Crippen LogP contribution in [-0.2, 0) is 4.79 Å². The lowest BCUT2D eigenvalue weighted by Gasteiger charge is -2.22. The van der Waals surface area contributed by atoms with Crippen LogP contribution in [0.1, 0.15) is 17.3 Å². The molecule has 2 amide bonds. The van der Waals surface area contributed by atoms with E-state index in [4.69, 9.17) is 0 Å². The Hall–Kier alpha value is -3.37. The van der Waals surface area contributed by atoms with Gasteiger partial charge in [-0.2, -0.15) is 4.39 Å². The molecule has 1 aliphatic heterocycles. The summed E-state index contributed by atoms with van der Waals surface area (Å²) in [6.45, 7) is 1.16. The van der Waals surface area contributed by atoms with Crippen LogP contribution in [0.2, 0.25) is 0 Å². The SMILES string of the molecule is CC(=O)NC1=NCN(NC(=O)c2c(F)ccc([N+](=O)[O-])c2F)C=C1. The fraction of sp³-hybridized carbons (Fsp3) is 0.154. The van der Waals surface area contributed by atoms with Crippen molar-refractivity contribution in [3.05, 3.63) is 51.7 Å². The van der Waals surface area contributed by atoms with Gasteiger partial charge < -0.3 is 5.32 Å². The summed E-state index contributed by atoms with van der Waals surface area (Å²) in [6, 6.07) is 1.27. The maximum Gasteiger partial charge on any atom is 0.305 e. The fourth-order valence-electron chi connectivity index (χ4n) is 1.82. The minimum Gasteiger partial charge on any atom is -0.311 e. The molecule has 1 aliphatic rings. The average molecular weight is 339 g/mol. The summed E-state index contributed by atoms with van der Waals surface area (Å²) in [7, 11) is 0. The van der Waals surface area contributed by atoms with Gasteiger partial charge in [0.25, 0.3) is 5.91 Å². The number of nitrogens with zero attached hydrogens (tertiary/aromatic N) is 3. The zero-order valence-electron chi connectivity index (χ0n) is 12.2. The molecule has 9 nitrogen and oxygen atoms in total. The van der Waals surface area contributed by atoms with E-state index in [9.17, 15) is 28.5 Å². The molecule has 0 saturated carbocycles. The first-order valence-electron chi connectivity index (χ1n) is 6.50. The van der Waals surface area contributed by atoms with Gasteiger partial charge in [0.15, 0.2) is 0 Å². The Morgan fingerprint density at radius 1 is 1.38 bits per heavy atom. The number of aliphatic imine (C=N–C) groups is 1. The highest BCUT2D eigenvalue weighted by Gasteiger charge is 2.27. The van der Waals surface area contributed by atoms with E-state index >= 15 is 0 Å². The third-order valence-corrected chi connectivity index (χ3v) is 2.85. The van der Waals surface area contributed by atoms with Gasteiger partial charge in [0.05, 0.1) is 4.92 Å². The van der Waals surface area contributed by atoms with Gasteiger partial charge in [0.1, 0.15) is 23.9 Å². The molecule has 1 heterocycles. The van der Waals surface area contributed by atoms with Crippen molar-refractivity contribution in [3.8, 4) is 0 Å². The number of amides is 2. The molecule has 0 saturated heterocycles. The molecule has 1 aromatic rings. The van der Waals surface area contributed by atoms with Crippen molar-refractivity contribution in [2.45, 2.75) is 6.92 Å². The molecule has 0 spiro atoms. The number of benzene rings is 1. The molecule has 0 aromatic heterocycles. The third-order valence-electron chi connectivity index (χ3n) is 2.85. The smallest absolute Gasteiger partial charge is 0.305 e. The van der Waals surface area contributed by atoms with Gasteiger partial charge in [-0.3, -0.25) is 30.1 Å². The Morgan fingerprint density at radius 2 is 2.08 bits per heavy atom. The largest absolute Gasteiger partial charge is 0.311 e. The van der Waals surface area contributed by atoms with Gasteiger partial charge in [0.2, 0.25) is 11.7 Å². The number of hydrogen-bond donors (Lipinski definition) is 2. The molecule has 0 unspecified atom stereocenters. The average Bonchev–Trinajstić information content (AvgIpc) is 2.48. The predicted octanol–water partition coefficient (Wildman–Crippen LogP) is 0.839. The predicted molar refractivity (Wildman–Crippen MR) is 77.6 cm³/mol. The molecule has 0 atom stereocenters. The number of hydrazine groups is 1. The van der Waals surface area contributed by atoms with E-state index in [2.05, 4.69) is 15.7 Å². The summed E-state index contributed by atoms with van der Waals surface area (Å²) < 4.78 is 27.6. The zero-order chi connectivity index (χ0) is 17.9. The first-order valence-corrected chi connectivity index (χ1v) is 6.50. The molecule has 1 aromatic carbocycles. The molecule has 2 rings (SSSR count). The number of carbonyl (C=O) groups is 2. The molecule has 126 valence electrons. The molecule has 2 N–H and O–H groups in total. The lowest BCUT2D eigenvalue weighted by Crippen LogP contribution is -2.42. The van der Waals surface area contributed by atoms with Gasteiger partial charge in [-0.05, 0) is 12.1 Å². The number of nitro benzene ring substituents is 1. The second-order valence-corrected chi connectivity index (χ2v) is 4.61. The number of rotatable bonds is 3. The summed E-state index contributed by atoms with van der Waals surface area (Å²) in [5.41, 5.74) is 0.0549. The Bertz CT molecular complexity index is 778. The van der Waals surface area contributed by atoms with Crippen LogP contribution in [-0.4, -0.2) is 34.3 Å². The van der Waals surface area contributed by atoms with Crippen molar-refractivity contribution in [1.82, 2.24) is 15.8 Å². The van der Waals surface area contributed by atoms with Crippen molar-refractivity contribution in [3.63, 3.8) is 0 Å². The van der Waals surface area contributed by atoms with Gasteiger partial charge in [-0.15, -0.1) is 0 Å². The maximum atomic E-state index is 13.9. The Labute approximate surface area is 133 Å². The quantitative estimate of drug-likeness (QED) is 0.625. The van der Waals surface area contributed by atoms with Crippen molar-refractivity contribution in [2.24, 2.45) is 4.99 Å². The minimum absolute atomic E-state index is 0.129. The number of amidine groups is 1. The molecule has 0 bridgehead atoms. The first-order chi connectivity index (χ1) is 11.3. The lowest BCUT2D eigenvalue weighted by atomic mass is 10.1.